The van der Waals surface area contributed by atoms with Gasteiger partial charge in [-0.15, -0.1) is 0 Å². The maximum absolute atomic E-state index is 12.1. The Kier molecular flexibility index (Phi) is 4.64. The second kappa shape index (κ2) is 6.06. The standard InChI is InChI=1S/C11H15ClN2O4S/c12-8-1-2-10(13)11(5-8)19(15,16)14-6-9-7-17-3-4-18-9/h1-2,5,9,14H,3-4,6-7,13H2. The Bertz CT molecular complexity index is 544. The van der Waals surface area contributed by atoms with Crippen LogP contribution in [-0.4, -0.2) is 40.9 Å². The molecule has 1 atom stereocenters. The van der Waals surface area contributed by atoms with Gasteiger partial charge in [-0.3, -0.25) is 0 Å². The molecule has 1 aromatic rings. The number of anilines is 1. The number of rotatable bonds is 4. The quantitative estimate of drug-likeness (QED) is 0.796. The van der Waals surface area contributed by atoms with Crippen molar-refractivity contribution in [3.05, 3.63) is 23.2 Å². The summed E-state index contributed by atoms with van der Waals surface area (Å²) >= 11 is 5.78. The lowest BCUT2D eigenvalue weighted by molar-refractivity contribution is -0.0846. The van der Waals surface area contributed by atoms with E-state index in [2.05, 4.69) is 4.72 Å². The van der Waals surface area contributed by atoms with Gasteiger partial charge in [0, 0.05) is 11.6 Å². The molecule has 0 spiro atoms. The summed E-state index contributed by atoms with van der Waals surface area (Å²) in [5.74, 6) is 0. The smallest absolute Gasteiger partial charge is 0.242 e. The summed E-state index contributed by atoms with van der Waals surface area (Å²) in [5, 5.41) is 0.312. The van der Waals surface area contributed by atoms with Crippen molar-refractivity contribution < 1.29 is 17.9 Å². The van der Waals surface area contributed by atoms with E-state index < -0.39 is 10.0 Å². The number of nitrogens with two attached hydrogens (primary N) is 1. The van der Waals surface area contributed by atoms with Crippen molar-refractivity contribution in [1.29, 1.82) is 0 Å². The number of halogens is 1. The third kappa shape index (κ3) is 3.80. The van der Waals surface area contributed by atoms with E-state index in [1.807, 2.05) is 0 Å². The van der Waals surface area contributed by atoms with Crippen LogP contribution in [0.4, 0.5) is 5.69 Å². The second-order valence-electron chi connectivity index (χ2n) is 4.10. The molecule has 1 aliphatic rings. The van der Waals surface area contributed by atoms with E-state index in [0.29, 0.717) is 24.8 Å². The summed E-state index contributed by atoms with van der Waals surface area (Å²) in [4.78, 5) is -0.0308. The lowest BCUT2D eigenvalue weighted by Crippen LogP contribution is -2.39. The van der Waals surface area contributed by atoms with Gasteiger partial charge in [-0.25, -0.2) is 13.1 Å². The van der Waals surface area contributed by atoms with Crippen LogP contribution in [0, 0.1) is 0 Å². The molecular formula is C11H15ClN2O4S. The maximum atomic E-state index is 12.1. The highest BCUT2D eigenvalue weighted by Crippen LogP contribution is 2.22. The first-order valence-electron chi connectivity index (χ1n) is 5.73. The minimum atomic E-state index is -3.71. The summed E-state index contributed by atoms with van der Waals surface area (Å²) in [6, 6.07) is 4.31. The van der Waals surface area contributed by atoms with E-state index >= 15 is 0 Å². The third-order valence-electron chi connectivity index (χ3n) is 2.65. The zero-order valence-electron chi connectivity index (χ0n) is 10.1. The van der Waals surface area contributed by atoms with Crippen LogP contribution in [0.1, 0.15) is 0 Å². The van der Waals surface area contributed by atoms with Crippen LogP contribution in [-0.2, 0) is 19.5 Å². The zero-order chi connectivity index (χ0) is 13.9. The van der Waals surface area contributed by atoms with Crippen LogP contribution < -0.4 is 10.5 Å². The summed E-state index contributed by atoms with van der Waals surface area (Å²) in [7, 11) is -3.71. The van der Waals surface area contributed by atoms with Crippen molar-refractivity contribution >= 4 is 27.3 Å². The molecule has 1 fully saturated rings. The SMILES string of the molecule is Nc1ccc(Cl)cc1S(=O)(=O)NCC1COCCO1. The van der Waals surface area contributed by atoms with E-state index in [1.165, 1.54) is 18.2 Å². The van der Waals surface area contributed by atoms with Gasteiger partial charge in [0.05, 0.1) is 31.6 Å². The van der Waals surface area contributed by atoms with Gasteiger partial charge in [0.25, 0.3) is 0 Å². The van der Waals surface area contributed by atoms with Crippen LogP contribution >= 0.6 is 11.6 Å². The molecule has 0 bridgehead atoms. The van der Waals surface area contributed by atoms with Gasteiger partial charge in [0.1, 0.15) is 4.90 Å². The van der Waals surface area contributed by atoms with Gasteiger partial charge in [0.15, 0.2) is 0 Å². The number of hydrogen-bond donors (Lipinski definition) is 2. The minimum Gasteiger partial charge on any atom is -0.398 e. The average Bonchev–Trinajstić information content (AvgIpc) is 2.40. The Labute approximate surface area is 116 Å². The number of nitrogens with one attached hydrogen (secondary N) is 1. The van der Waals surface area contributed by atoms with Crippen LogP contribution in [0.3, 0.4) is 0 Å². The molecule has 3 N–H and O–H groups in total. The maximum Gasteiger partial charge on any atom is 0.242 e. The minimum absolute atomic E-state index is 0.0308. The molecule has 106 valence electrons. The van der Waals surface area contributed by atoms with Crippen LogP contribution in [0.5, 0.6) is 0 Å². The first-order valence-corrected chi connectivity index (χ1v) is 7.59. The molecule has 0 aliphatic carbocycles. The number of sulfonamides is 1. The lowest BCUT2D eigenvalue weighted by Gasteiger charge is -2.23. The summed E-state index contributed by atoms with van der Waals surface area (Å²) in [6.07, 6.45) is -0.288. The second-order valence-corrected chi connectivity index (χ2v) is 6.27. The molecular weight excluding hydrogens is 292 g/mol. The molecule has 1 saturated heterocycles. The molecule has 1 aromatic carbocycles. The molecule has 0 saturated carbocycles. The van der Waals surface area contributed by atoms with Crippen molar-refractivity contribution in [3.8, 4) is 0 Å². The highest BCUT2D eigenvalue weighted by atomic mass is 35.5. The van der Waals surface area contributed by atoms with E-state index in [-0.39, 0.29) is 23.2 Å². The highest BCUT2D eigenvalue weighted by molar-refractivity contribution is 7.89. The van der Waals surface area contributed by atoms with Gasteiger partial charge in [-0.05, 0) is 18.2 Å². The van der Waals surface area contributed by atoms with E-state index in [0.717, 1.165) is 0 Å². The first-order chi connectivity index (χ1) is 8.99. The zero-order valence-corrected chi connectivity index (χ0v) is 11.7. The van der Waals surface area contributed by atoms with E-state index in [1.54, 1.807) is 0 Å². The van der Waals surface area contributed by atoms with Crippen LogP contribution in [0.2, 0.25) is 5.02 Å². The third-order valence-corrected chi connectivity index (χ3v) is 4.37. The van der Waals surface area contributed by atoms with E-state index in [4.69, 9.17) is 26.8 Å². The topological polar surface area (TPSA) is 90.7 Å². The molecule has 6 nitrogen and oxygen atoms in total. The fourth-order valence-corrected chi connectivity index (χ4v) is 3.13. The fraction of sp³-hybridized carbons (Fsp3) is 0.455. The molecule has 2 rings (SSSR count). The molecule has 19 heavy (non-hydrogen) atoms. The van der Waals surface area contributed by atoms with Gasteiger partial charge in [0.2, 0.25) is 10.0 Å². The average molecular weight is 307 g/mol. The van der Waals surface area contributed by atoms with Crippen molar-refractivity contribution in [2.75, 3.05) is 32.1 Å². The molecule has 8 heteroatoms. The Hall–Kier alpha value is -0.860. The predicted octanol–water partition coefficient (Wildman–Crippen LogP) is 0.616. The number of ether oxygens (including phenoxy) is 2. The van der Waals surface area contributed by atoms with Gasteiger partial charge >= 0.3 is 0 Å². The molecule has 0 radical (unpaired) electrons. The van der Waals surface area contributed by atoms with E-state index in [9.17, 15) is 8.42 Å². The number of hydrogen-bond acceptors (Lipinski definition) is 5. The lowest BCUT2D eigenvalue weighted by atomic mass is 10.3. The predicted molar refractivity (Wildman–Crippen MR) is 71.6 cm³/mol. The molecule has 0 aromatic heterocycles. The summed E-state index contributed by atoms with van der Waals surface area (Å²) in [6.45, 7) is 1.50. The number of nitrogen functional groups attached to an aromatic ring is 1. The Morgan fingerprint density at radius 1 is 1.42 bits per heavy atom. The van der Waals surface area contributed by atoms with Gasteiger partial charge in [-0.1, -0.05) is 11.6 Å². The monoisotopic (exact) mass is 306 g/mol. The molecule has 0 amide bonds. The highest BCUT2D eigenvalue weighted by Gasteiger charge is 2.21. The molecule has 1 heterocycles. The van der Waals surface area contributed by atoms with Gasteiger partial charge in [-0.2, -0.15) is 0 Å². The Balaban J connectivity index is 2.07. The van der Waals surface area contributed by atoms with Crippen LogP contribution in [0.15, 0.2) is 23.1 Å². The van der Waals surface area contributed by atoms with Crippen molar-refractivity contribution in [3.63, 3.8) is 0 Å². The Morgan fingerprint density at radius 2 is 2.21 bits per heavy atom. The van der Waals surface area contributed by atoms with Crippen molar-refractivity contribution in [1.82, 2.24) is 4.72 Å². The number of benzene rings is 1. The van der Waals surface area contributed by atoms with Crippen molar-refractivity contribution in [2.45, 2.75) is 11.0 Å². The van der Waals surface area contributed by atoms with Crippen molar-refractivity contribution in [2.24, 2.45) is 0 Å². The van der Waals surface area contributed by atoms with Gasteiger partial charge < -0.3 is 15.2 Å². The summed E-state index contributed by atoms with van der Waals surface area (Å²) < 4.78 is 37.2. The molecule has 1 aliphatic heterocycles. The molecule has 1 unspecified atom stereocenters. The fourth-order valence-electron chi connectivity index (χ4n) is 1.68. The first kappa shape index (κ1) is 14.5. The normalized spacial score (nSPS) is 20.4. The largest absolute Gasteiger partial charge is 0.398 e. The Morgan fingerprint density at radius 3 is 2.89 bits per heavy atom. The van der Waals surface area contributed by atoms with Crippen LogP contribution in [0.25, 0.3) is 0 Å². The summed E-state index contributed by atoms with van der Waals surface area (Å²) in [5.41, 5.74) is 5.80.